The van der Waals surface area contributed by atoms with Gasteiger partial charge in [-0.05, 0) is 50.5 Å². The third-order valence-electron chi connectivity index (χ3n) is 8.17. The SMILES string of the molecule is c1ccc(-c2nc(-c3ccc4c(ccc5ccc6ccccc6c54)c3)nc(-c3ccnc4oc5ccccc5c34)n2)cc1. The molecule has 0 aliphatic rings. The van der Waals surface area contributed by atoms with Crippen LogP contribution >= 0.6 is 0 Å². The van der Waals surface area contributed by atoms with Crippen LogP contribution in [0, 0.1) is 0 Å². The summed E-state index contributed by atoms with van der Waals surface area (Å²) in [5, 5.41) is 9.18. The first-order chi connectivity index (χ1) is 21.3. The van der Waals surface area contributed by atoms with Gasteiger partial charge in [0, 0.05) is 28.3 Å². The lowest BCUT2D eigenvalue weighted by Crippen LogP contribution is -2.00. The standard InChI is InChI=1S/C38H22N4O/c1-2-9-25(10-3-1)35-40-36(42-37(41-35)31-20-21-39-38-34(31)30-12-6-7-13-32(30)43-38)27-18-19-29-26(22-27)17-16-24-15-14-23-8-4-5-11-28(23)33(24)29/h1-22H. The van der Waals surface area contributed by atoms with Gasteiger partial charge < -0.3 is 4.42 Å². The Morgan fingerprint density at radius 3 is 2.00 bits per heavy atom. The Kier molecular flexibility index (Phi) is 5.13. The molecule has 0 unspecified atom stereocenters. The minimum absolute atomic E-state index is 0.562. The molecule has 5 nitrogen and oxygen atoms in total. The predicted octanol–water partition coefficient (Wildman–Crippen LogP) is 9.63. The van der Waals surface area contributed by atoms with Crippen LogP contribution in [0.2, 0.25) is 0 Å². The van der Waals surface area contributed by atoms with Crippen molar-refractivity contribution in [1.82, 2.24) is 19.9 Å². The van der Waals surface area contributed by atoms with E-state index in [2.05, 4.69) is 71.7 Å². The number of rotatable bonds is 3. The highest BCUT2D eigenvalue weighted by molar-refractivity contribution is 6.20. The second-order valence-electron chi connectivity index (χ2n) is 10.7. The van der Waals surface area contributed by atoms with Crippen LogP contribution in [-0.2, 0) is 0 Å². The van der Waals surface area contributed by atoms with Crippen LogP contribution in [0.4, 0.5) is 0 Å². The molecule has 9 aromatic rings. The Labute approximate surface area is 246 Å². The average molecular weight is 551 g/mol. The Balaban J connectivity index is 1.29. The van der Waals surface area contributed by atoms with Gasteiger partial charge in [0.15, 0.2) is 17.5 Å². The topological polar surface area (TPSA) is 64.7 Å². The summed E-state index contributed by atoms with van der Waals surface area (Å²) in [6, 6.07) is 43.8. The van der Waals surface area contributed by atoms with Gasteiger partial charge in [-0.15, -0.1) is 0 Å². The fraction of sp³-hybridized carbons (Fsp3) is 0. The number of furan rings is 1. The van der Waals surface area contributed by atoms with Crippen molar-refractivity contribution in [3.8, 4) is 34.2 Å². The third-order valence-corrected chi connectivity index (χ3v) is 8.17. The number of pyridine rings is 1. The van der Waals surface area contributed by atoms with E-state index in [1.807, 2.05) is 60.7 Å². The van der Waals surface area contributed by atoms with Crippen LogP contribution in [0.5, 0.6) is 0 Å². The van der Waals surface area contributed by atoms with Crippen molar-refractivity contribution >= 4 is 54.4 Å². The highest BCUT2D eigenvalue weighted by Gasteiger charge is 2.18. The first-order valence-corrected chi connectivity index (χ1v) is 14.2. The molecule has 6 aromatic carbocycles. The molecule has 0 saturated heterocycles. The molecular formula is C38H22N4O. The normalized spacial score (nSPS) is 11.7. The van der Waals surface area contributed by atoms with Gasteiger partial charge in [-0.1, -0.05) is 109 Å². The summed E-state index contributed by atoms with van der Waals surface area (Å²) in [4.78, 5) is 19.5. The van der Waals surface area contributed by atoms with Gasteiger partial charge in [0.25, 0.3) is 0 Å². The highest BCUT2D eigenvalue weighted by atomic mass is 16.3. The molecule has 3 aromatic heterocycles. The summed E-state index contributed by atoms with van der Waals surface area (Å²) in [5.74, 6) is 1.80. The van der Waals surface area contributed by atoms with Gasteiger partial charge >= 0.3 is 0 Å². The Hall–Kier alpha value is -5.94. The largest absolute Gasteiger partial charge is 0.438 e. The van der Waals surface area contributed by atoms with Gasteiger partial charge in [0.2, 0.25) is 5.71 Å². The summed E-state index contributed by atoms with van der Waals surface area (Å²) < 4.78 is 6.08. The minimum Gasteiger partial charge on any atom is -0.438 e. The zero-order chi connectivity index (χ0) is 28.3. The second kappa shape index (κ2) is 9.29. The molecule has 0 aliphatic heterocycles. The van der Waals surface area contributed by atoms with E-state index in [-0.39, 0.29) is 0 Å². The van der Waals surface area contributed by atoms with E-state index in [9.17, 15) is 0 Å². The molecule has 0 spiro atoms. The van der Waals surface area contributed by atoms with Crippen molar-refractivity contribution in [2.75, 3.05) is 0 Å². The van der Waals surface area contributed by atoms with Gasteiger partial charge in [0.05, 0.1) is 5.39 Å². The predicted molar refractivity (Wildman–Crippen MR) is 174 cm³/mol. The Bertz CT molecular complexity index is 2520. The number of hydrogen-bond acceptors (Lipinski definition) is 5. The van der Waals surface area contributed by atoms with Crippen LogP contribution in [-0.4, -0.2) is 19.9 Å². The van der Waals surface area contributed by atoms with E-state index in [0.717, 1.165) is 38.4 Å². The second-order valence-corrected chi connectivity index (χ2v) is 10.7. The van der Waals surface area contributed by atoms with Crippen LogP contribution in [0.25, 0.3) is 88.5 Å². The van der Waals surface area contributed by atoms with Crippen LogP contribution in [0.15, 0.2) is 138 Å². The van der Waals surface area contributed by atoms with Gasteiger partial charge in [-0.3, -0.25) is 0 Å². The van der Waals surface area contributed by atoms with Gasteiger partial charge in [-0.25, -0.2) is 19.9 Å². The number of hydrogen-bond donors (Lipinski definition) is 0. The van der Waals surface area contributed by atoms with Crippen molar-refractivity contribution in [3.63, 3.8) is 0 Å². The third kappa shape index (κ3) is 3.79. The maximum atomic E-state index is 6.08. The van der Waals surface area contributed by atoms with Gasteiger partial charge in [-0.2, -0.15) is 0 Å². The lowest BCUT2D eigenvalue weighted by Gasteiger charge is -2.11. The first-order valence-electron chi connectivity index (χ1n) is 14.2. The van der Waals surface area contributed by atoms with Crippen molar-refractivity contribution in [1.29, 1.82) is 0 Å². The smallest absolute Gasteiger partial charge is 0.228 e. The molecule has 0 aliphatic carbocycles. The maximum Gasteiger partial charge on any atom is 0.228 e. The molecule has 0 saturated carbocycles. The monoisotopic (exact) mass is 550 g/mol. The summed E-state index contributed by atoms with van der Waals surface area (Å²) >= 11 is 0. The first kappa shape index (κ1) is 23.7. The molecule has 0 atom stereocenters. The van der Waals surface area contributed by atoms with Crippen molar-refractivity contribution in [2.24, 2.45) is 0 Å². The summed E-state index contributed by atoms with van der Waals surface area (Å²) in [7, 11) is 0. The van der Waals surface area contributed by atoms with E-state index in [1.165, 1.54) is 26.9 Å². The van der Waals surface area contributed by atoms with Crippen LogP contribution in [0.3, 0.4) is 0 Å². The van der Waals surface area contributed by atoms with E-state index >= 15 is 0 Å². The number of fused-ring (bicyclic) bond motifs is 8. The summed E-state index contributed by atoms with van der Waals surface area (Å²) in [6.45, 7) is 0. The van der Waals surface area contributed by atoms with E-state index in [0.29, 0.717) is 23.2 Å². The Morgan fingerprint density at radius 1 is 0.442 bits per heavy atom. The highest BCUT2D eigenvalue weighted by Crippen LogP contribution is 2.37. The molecule has 0 N–H and O–H groups in total. The van der Waals surface area contributed by atoms with E-state index in [4.69, 9.17) is 19.4 Å². The van der Waals surface area contributed by atoms with Crippen molar-refractivity contribution in [3.05, 3.63) is 134 Å². The molecule has 0 amide bonds. The lowest BCUT2D eigenvalue weighted by atomic mass is 9.95. The average Bonchev–Trinajstić information content (AvgIpc) is 3.47. The van der Waals surface area contributed by atoms with Crippen LogP contribution in [0.1, 0.15) is 0 Å². The molecular weight excluding hydrogens is 528 g/mol. The number of nitrogens with zero attached hydrogens (tertiary/aromatic N) is 4. The number of aromatic nitrogens is 4. The quantitative estimate of drug-likeness (QED) is 0.205. The number of benzene rings is 6. The van der Waals surface area contributed by atoms with E-state index in [1.54, 1.807) is 6.20 Å². The van der Waals surface area contributed by atoms with Crippen molar-refractivity contribution in [2.45, 2.75) is 0 Å². The summed E-state index contributed by atoms with van der Waals surface area (Å²) in [5.41, 5.74) is 4.05. The maximum absolute atomic E-state index is 6.08. The van der Waals surface area contributed by atoms with Crippen LogP contribution < -0.4 is 0 Å². The molecule has 0 fully saturated rings. The van der Waals surface area contributed by atoms with Crippen molar-refractivity contribution < 1.29 is 4.42 Å². The zero-order valence-electron chi connectivity index (χ0n) is 22.9. The Morgan fingerprint density at radius 2 is 1.12 bits per heavy atom. The zero-order valence-corrected chi connectivity index (χ0v) is 22.9. The lowest BCUT2D eigenvalue weighted by molar-refractivity contribution is 0.654. The summed E-state index contributed by atoms with van der Waals surface area (Å²) in [6.07, 6.45) is 1.75. The molecule has 43 heavy (non-hydrogen) atoms. The molecule has 0 radical (unpaired) electrons. The van der Waals surface area contributed by atoms with E-state index < -0.39 is 0 Å². The molecule has 200 valence electrons. The van der Waals surface area contributed by atoms with Gasteiger partial charge in [0.1, 0.15) is 5.58 Å². The fourth-order valence-electron chi connectivity index (χ4n) is 6.15. The number of para-hydroxylation sites is 1. The molecule has 9 rings (SSSR count). The molecule has 5 heteroatoms. The fourth-order valence-corrected chi connectivity index (χ4v) is 6.15. The molecule has 0 bridgehead atoms. The minimum atomic E-state index is 0.562. The molecule has 3 heterocycles.